The fourth-order valence-electron chi connectivity index (χ4n) is 3.77. The number of ether oxygens (including phenoxy) is 1. The molecule has 4 rings (SSSR count). The minimum absolute atomic E-state index is 0.891. The summed E-state index contributed by atoms with van der Waals surface area (Å²) in [6.45, 7) is 7.36. The van der Waals surface area contributed by atoms with Gasteiger partial charge in [0.25, 0.3) is 0 Å². The van der Waals surface area contributed by atoms with Gasteiger partial charge in [-0.1, -0.05) is 24.8 Å². The number of nitrogens with one attached hydrogen (secondary N) is 2. The minimum Gasteiger partial charge on any atom is -0.496 e. The maximum atomic E-state index is 5.76. The number of aryl methyl sites for hydroxylation is 1. The molecule has 1 aliphatic heterocycles. The summed E-state index contributed by atoms with van der Waals surface area (Å²) in [7, 11) is 3.73. The number of thiophene rings is 1. The second kappa shape index (κ2) is 7.22. The molecule has 1 aliphatic rings. The van der Waals surface area contributed by atoms with Gasteiger partial charge >= 0.3 is 0 Å². The number of hydrogen-bond acceptors (Lipinski definition) is 4. The van der Waals surface area contributed by atoms with E-state index in [2.05, 4.69) is 59.8 Å². The third kappa shape index (κ3) is 3.05. The quantitative estimate of drug-likeness (QED) is 0.612. The summed E-state index contributed by atoms with van der Waals surface area (Å²) >= 11 is 1.72. The maximum Gasteiger partial charge on any atom is 0.127 e. The lowest BCUT2D eigenvalue weighted by molar-refractivity contribution is 0.416. The van der Waals surface area contributed by atoms with Crippen molar-refractivity contribution in [2.75, 3.05) is 26.0 Å². The second-order valence-electron chi connectivity index (χ2n) is 6.83. The molecule has 0 fully saturated rings. The predicted octanol–water partition coefficient (Wildman–Crippen LogP) is 5.56. The van der Waals surface area contributed by atoms with Crippen LogP contribution < -0.4 is 15.4 Å². The topological polar surface area (TPSA) is 33.3 Å². The summed E-state index contributed by atoms with van der Waals surface area (Å²) in [4.78, 5) is 1.19. The van der Waals surface area contributed by atoms with Gasteiger partial charge in [0.05, 0.1) is 12.0 Å². The van der Waals surface area contributed by atoms with Crippen LogP contribution in [0.2, 0.25) is 0 Å². The molecule has 2 aromatic carbocycles. The zero-order chi connectivity index (χ0) is 19.0. The lowest BCUT2D eigenvalue weighted by Crippen LogP contribution is -2.11. The summed E-state index contributed by atoms with van der Waals surface area (Å²) in [5.41, 5.74) is 9.46. The van der Waals surface area contributed by atoms with Crippen LogP contribution >= 0.6 is 11.3 Å². The molecule has 4 heteroatoms. The van der Waals surface area contributed by atoms with Crippen LogP contribution in [-0.4, -0.2) is 20.7 Å². The van der Waals surface area contributed by atoms with Gasteiger partial charge in [0.15, 0.2) is 0 Å². The van der Waals surface area contributed by atoms with Crippen LogP contribution in [0, 0.1) is 6.92 Å². The van der Waals surface area contributed by atoms with Gasteiger partial charge in [-0.2, -0.15) is 0 Å². The molecule has 0 atom stereocenters. The van der Waals surface area contributed by atoms with Gasteiger partial charge in [-0.15, -0.1) is 11.3 Å². The van der Waals surface area contributed by atoms with E-state index < -0.39 is 0 Å². The van der Waals surface area contributed by atoms with Crippen molar-refractivity contribution < 1.29 is 4.74 Å². The van der Waals surface area contributed by atoms with Crippen molar-refractivity contribution in [1.29, 1.82) is 0 Å². The third-order valence-electron chi connectivity index (χ3n) is 5.16. The lowest BCUT2D eigenvalue weighted by Gasteiger charge is -2.25. The Kier molecular flexibility index (Phi) is 4.77. The van der Waals surface area contributed by atoms with Crippen LogP contribution in [-0.2, 0) is 6.42 Å². The molecule has 2 heterocycles. The van der Waals surface area contributed by atoms with Crippen molar-refractivity contribution in [1.82, 2.24) is 5.32 Å². The van der Waals surface area contributed by atoms with E-state index in [4.69, 9.17) is 4.74 Å². The number of methoxy groups -OCH3 is 1. The van der Waals surface area contributed by atoms with Gasteiger partial charge < -0.3 is 15.4 Å². The molecule has 1 aromatic heterocycles. The number of fused-ring (bicyclic) bond motifs is 3. The normalized spacial score (nSPS) is 12.3. The highest BCUT2D eigenvalue weighted by molar-refractivity contribution is 7.11. The number of hydrogen-bond donors (Lipinski definition) is 2. The maximum absolute atomic E-state index is 5.76. The summed E-state index contributed by atoms with van der Waals surface area (Å²) in [6.07, 6.45) is 1.03. The molecular weight excluding hydrogens is 352 g/mol. The Bertz CT molecular complexity index is 1020. The van der Waals surface area contributed by atoms with Crippen LogP contribution in [0.25, 0.3) is 28.0 Å². The number of benzene rings is 2. The van der Waals surface area contributed by atoms with Gasteiger partial charge in [0.1, 0.15) is 5.75 Å². The van der Waals surface area contributed by atoms with E-state index in [-0.39, 0.29) is 0 Å². The molecule has 0 saturated heterocycles. The van der Waals surface area contributed by atoms with Crippen molar-refractivity contribution in [2.24, 2.45) is 0 Å². The predicted molar refractivity (Wildman–Crippen MR) is 117 cm³/mol. The SMILES string of the molecule is C=C1Nc2ccc(OC)c(-c3ccc(CCNC)c(C)c3)c2-c2ccsc21. The smallest absolute Gasteiger partial charge is 0.127 e. The third-order valence-corrected chi connectivity index (χ3v) is 6.13. The van der Waals surface area contributed by atoms with E-state index in [0.29, 0.717) is 0 Å². The highest BCUT2D eigenvalue weighted by Crippen LogP contribution is 2.50. The highest BCUT2D eigenvalue weighted by Gasteiger charge is 2.25. The first-order valence-corrected chi connectivity index (χ1v) is 10.0. The Morgan fingerprint density at radius 2 is 2.00 bits per heavy atom. The molecule has 3 nitrogen and oxygen atoms in total. The first kappa shape index (κ1) is 17.8. The van der Waals surface area contributed by atoms with Crippen LogP contribution in [0.15, 0.2) is 48.4 Å². The van der Waals surface area contributed by atoms with Gasteiger partial charge in [-0.25, -0.2) is 0 Å². The molecule has 138 valence electrons. The molecule has 0 radical (unpaired) electrons. The number of likely N-dealkylation sites (N-methyl/N-ethyl adjacent to an activating group) is 1. The van der Waals surface area contributed by atoms with Crippen molar-refractivity contribution in [3.63, 3.8) is 0 Å². The number of rotatable bonds is 5. The van der Waals surface area contributed by atoms with E-state index in [1.54, 1.807) is 18.4 Å². The first-order valence-electron chi connectivity index (χ1n) is 9.13. The molecule has 0 saturated carbocycles. The molecule has 2 N–H and O–H groups in total. The minimum atomic E-state index is 0.891. The Labute approximate surface area is 164 Å². The highest BCUT2D eigenvalue weighted by atomic mass is 32.1. The molecule has 0 spiro atoms. The van der Waals surface area contributed by atoms with Crippen LogP contribution in [0.3, 0.4) is 0 Å². The van der Waals surface area contributed by atoms with Crippen LogP contribution in [0.1, 0.15) is 16.0 Å². The van der Waals surface area contributed by atoms with E-state index >= 15 is 0 Å². The molecule has 0 amide bonds. The fourth-order valence-corrected chi connectivity index (χ4v) is 4.61. The van der Waals surface area contributed by atoms with E-state index in [0.717, 1.165) is 35.7 Å². The zero-order valence-corrected chi connectivity index (χ0v) is 16.8. The Morgan fingerprint density at radius 3 is 2.74 bits per heavy atom. The van der Waals surface area contributed by atoms with E-state index in [9.17, 15) is 0 Å². The van der Waals surface area contributed by atoms with Crippen molar-refractivity contribution in [2.45, 2.75) is 13.3 Å². The molecule has 3 aromatic rings. The second-order valence-corrected chi connectivity index (χ2v) is 7.74. The Morgan fingerprint density at radius 1 is 1.15 bits per heavy atom. The van der Waals surface area contributed by atoms with Crippen LogP contribution in [0.5, 0.6) is 5.75 Å². The fraction of sp³-hybridized carbons (Fsp3) is 0.217. The Balaban J connectivity index is 1.91. The lowest BCUT2D eigenvalue weighted by atomic mass is 9.88. The summed E-state index contributed by atoms with van der Waals surface area (Å²) in [6, 6.07) is 13.0. The van der Waals surface area contributed by atoms with E-state index in [1.807, 2.05) is 13.1 Å². The molecule has 0 aliphatic carbocycles. The zero-order valence-electron chi connectivity index (χ0n) is 16.0. The monoisotopic (exact) mass is 376 g/mol. The average molecular weight is 377 g/mol. The molecule has 0 unspecified atom stereocenters. The van der Waals surface area contributed by atoms with Gasteiger partial charge in [0.2, 0.25) is 0 Å². The first-order chi connectivity index (χ1) is 13.1. The number of anilines is 1. The molecule has 27 heavy (non-hydrogen) atoms. The van der Waals surface area contributed by atoms with Crippen molar-refractivity contribution in [3.8, 4) is 28.0 Å². The van der Waals surface area contributed by atoms with Crippen LogP contribution in [0.4, 0.5) is 5.69 Å². The van der Waals surface area contributed by atoms with Crippen molar-refractivity contribution in [3.05, 3.63) is 64.4 Å². The Hall–Kier alpha value is -2.56. The standard InChI is InChI=1S/C23H24N2OS/c1-14-13-17(6-5-16(14)9-11-24-3)21-20(26-4)8-7-19-22(21)18-10-12-27-23(18)15(2)25-19/h5-8,10,12-13,24-25H,2,9,11H2,1,3-4H3. The summed E-state index contributed by atoms with van der Waals surface area (Å²) < 4.78 is 5.76. The van der Waals surface area contributed by atoms with Gasteiger partial charge in [-0.3, -0.25) is 0 Å². The summed E-state index contributed by atoms with van der Waals surface area (Å²) in [5.74, 6) is 0.891. The molecular formula is C23H24N2OS. The van der Waals surface area contributed by atoms with Crippen molar-refractivity contribution >= 4 is 22.7 Å². The van der Waals surface area contributed by atoms with Gasteiger partial charge in [0, 0.05) is 28.1 Å². The van der Waals surface area contributed by atoms with Gasteiger partial charge in [-0.05, 0) is 67.2 Å². The summed E-state index contributed by atoms with van der Waals surface area (Å²) in [5, 5.41) is 8.82. The molecule has 0 bridgehead atoms. The average Bonchev–Trinajstić information content (AvgIpc) is 3.17. The van der Waals surface area contributed by atoms with E-state index in [1.165, 1.54) is 32.7 Å². The largest absolute Gasteiger partial charge is 0.496 e.